The molecule has 0 aliphatic carbocycles. The summed E-state index contributed by atoms with van der Waals surface area (Å²) < 4.78 is 0. The van der Waals surface area contributed by atoms with Crippen molar-refractivity contribution in [1.82, 2.24) is 10.2 Å². The van der Waals surface area contributed by atoms with E-state index in [-0.39, 0.29) is 12.2 Å². The number of hydrogen-bond donors (Lipinski definition) is 1. The molecule has 1 aliphatic heterocycles. The van der Waals surface area contributed by atoms with Gasteiger partial charge in [0.25, 0.3) is 0 Å². The first-order chi connectivity index (χ1) is 9.11. The van der Waals surface area contributed by atoms with E-state index in [1.54, 1.807) is 0 Å². The van der Waals surface area contributed by atoms with Gasteiger partial charge in [0.05, 0.1) is 12.2 Å². The lowest BCUT2D eigenvalue weighted by Crippen LogP contribution is -2.41. The zero-order valence-corrected chi connectivity index (χ0v) is 13.8. The Kier molecular flexibility index (Phi) is 7.84. The van der Waals surface area contributed by atoms with Crippen molar-refractivity contribution >= 4 is 17.7 Å². The molecule has 0 saturated carbocycles. The van der Waals surface area contributed by atoms with Gasteiger partial charge in [-0.3, -0.25) is 10.1 Å². The van der Waals surface area contributed by atoms with E-state index >= 15 is 0 Å². The van der Waals surface area contributed by atoms with Gasteiger partial charge < -0.3 is 4.90 Å². The quantitative estimate of drug-likeness (QED) is 0.661. The fourth-order valence-corrected chi connectivity index (χ4v) is 3.17. The molecule has 0 spiro atoms. The molecule has 1 amide bonds. The molecule has 1 rings (SSSR count). The molecule has 0 aromatic carbocycles. The third-order valence-corrected chi connectivity index (χ3v) is 4.52. The molecule has 1 fully saturated rings. The summed E-state index contributed by atoms with van der Waals surface area (Å²) in [6, 6.07) is 0.0453. The molecule has 1 saturated heterocycles. The Balaban J connectivity index is 2.34. The molecule has 19 heavy (non-hydrogen) atoms. The molecule has 0 aromatic rings. The smallest absolute Gasteiger partial charge is 0.241 e. The molecular formula is C15H30N2OS. The maximum absolute atomic E-state index is 12.3. The Morgan fingerprint density at radius 3 is 2.53 bits per heavy atom. The normalized spacial score (nSPS) is 23.6. The molecule has 0 aromatic heterocycles. The highest BCUT2D eigenvalue weighted by atomic mass is 32.2. The van der Waals surface area contributed by atoms with E-state index in [0.29, 0.717) is 11.8 Å². The standard InChI is InChI=1S/C15H30N2OS/c1-5-13-15(18)17(14(16-13)12(2)3)10-8-6-7-9-11-19-4/h12-14,16H,5-11H2,1-4H3. The van der Waals surface area contributed by atoms with E-state index in [2.05, 4.69) is 37.2 Å². The van der Waals surface area contributed by atoms with Gasteiger partial charge in [0.2, 0.25) is 5.91 Å². The molecule has 0 bridgehead atoms. The van der Waals surface area contributed by atoms with Gasteiger partial charge in [-0.15, -0.1) is 0 Å². The third kappa shape index (κ3) is 4.99. The monoisotopic (exact) mass is 286 g/mol. The van der Waals surface area contributed by atoms with Crippen LogP contribution >= 0.6 is 11.8 Å². The van der Waals surface area contributed by atoms with Gasteiger partial charge in [-0.1, -0.05) is 33.6 Å². The van der Waals surface area contributed by atoms with E-state index in [0.717, 1.165) is 19.4 Å². The van der Waals surface area contributed by atoms with Gasteiger partial charge >= 0.3 is 0 Å². The molecule has 112 valence electrons. The average molecular weight is 286 g/mol. The first-order valence-electron chi connectivity index (χ1n) is 7.67. The minimum Gasteiger partial charge on any atom is -0.326 e. The lowest BCUT2D eigenvalue weighted by molar-refractivity contribution is -0.130. The highest BCUT2D eigenvalue weighted by Crippen LogP contribution is 2.20. The summed E-state index contributed by atoms with van der Waals surface area (Å²) in [5, 5.41) is 3.47. The van der Waals surface area contributed by atoms with E-state index in [9.17, 15) is 4.79 Å². The van der Waals surface area contributed by atoms with Crippen molar-refractivity contribution in [3.8, 4) is 0 Å². The summed E-state index contributed by atoms with van der Waals surface area (Å²) in [7, 11) is 0. The van der Waals surface area contributed by atoms with Gasteiger partial charge in [-0.25, -0.2) is 0 Å². The van der Waals surface area contributed by atoms with Crippen LogP contribution in [-0.2, 0) is 4.79 Å². The maximum Gasteiger partial charge on any atom is 0.241 e. The number of thioether (sulfide) groups is 1. The van der Waals surface area contributed by atoms with Crippen LogP contribution in [0.5, 0.6) is 0 Å². The van der Waals surface area contributed by atoms with Crippen molar-refractivity contribution in [3.05, 3.63) is 0 Å². The topological polar surface area (TPSA) is 32.3 Å². The molecule has 1 N–H and O–H groups in total. The second kappa shape index (κ2) is 8.85. The largest absolute Gasteiger partial charge is 0.326 e. The highest BCUT2D eigenvalue weighted by Gasteiger charge is 2.38. The van der Waals surface area contributed by atoms with Crippen molar-refractivity contribution in [2.24, 2.45) is 5.92 Å². The molecule has 3 nitrogen and oxygen atoms in total. The molecule has 1 heterocycles. The summed E-state index contributed by atoms with van der Waals surface area (Å²) in [6.07, 6.45) is 8.27. The van der Waals surface area contributed by atoms with Gasteiger partial charge in [-0.2, -0.15) is 11.8 Å². The van der Waals surface area contributed by atoms with Crippen LogP contribution in [0.15, 0.2) is 0 Å². The summed E-state index contributed by atoms with van der Waals surface area (Å²) >= 11 is 1.92. The second-order valence-corrected chi connectivity index (χ2v) is 6.74. The number of nitrogens with zero attached hydrogens (tertiary/aromatic N) is 1. The fraction of sp³-hybridized carbons (Fsp3) is 0.933. The zero-order chi connectivity index (χ0) is 14.3. The van der Waals surface area contributed by atoms with Crippen LogP contribution in [0.3, 0.4) is 0 Å². The molecule has 1 aliphatic rings. The van der Waals surface area contributed by atoms with Crippen LogP contribution in [0.2, 0.25) is 0 Å². The average Bonchev–Trinajstić information content (AvgIpc) is 2.71. The van der Waals surface area contributed by atoms with E-state index in [1.165, 1.54) is 25.0 Å². The number of amides is 1. The first kappa shape index (κ1) is 16.8. The second-order valence-electron chi connectivity index (χ2n) is 5.75. The van der Waals surface area contributed by atoms with Crippen molar-refractivity contribution in [2.45, 2.75) is 65.1 Å². The van der Waals surface area contributed by atoms with Crippen molar-refractivity contribution in [1.29, 1.82) is 0 Å². The fourth-order valence-electron chi connectivity index (χ4n) is 2.68. The number of hydrogen-bond acceptors (Lipinski definition) is 3. The van der Waals surface area contributed by atoms with Gasteiger partial charge in [0.1, 0.15) is 0 Å². The van der Waals surface area contributed by atoms with Crippen LogP contribution in [-0.4, -0.2) is 41.6 Å². The van der Waals surface area contributed by atoms with Crippen LogP contribution in [0, 0.1) is 5.92 Å². The summed E-state index contributed by atoms with van der Waals surface area (Å²) in [5.41, 5.74) is 0. The van der Waals surface area contributed by atoms with Gasteiger partial charge in [0.15, 0.2) is 0 Å². The zero-order valence-electron chi connectivity index (χ0n) is 12.9. The first-order valence-corrected chi connectivity index (χ1v) is 9.06. The summed E-state index contributed by atoms with van der Waals surface area (Å²) in [6.45, 7) is 7.38. The minimum atomic E-state index is 0.0453. The number of nitrogens with one attached hydrogen (secondary N) is 1. The van der Waals surface area contributed by atoms with Crippen LogP contribution in [0.25, 0.3) is 0 Å². The Bertz CT molecular complexity index is 271. The number of carbonyl (C=O) groups excluding carboxylic acids is 1. The van der Waals surface area contributed by atoms with Gasteiger partial charge in [-0.05, 0) is 37.2 Å². The Morgan fingerprint density at radius 1 is 1.26 bits per heavy atom. The van der Waals surface area contributed by atoms with Crippen LogP contribution < -0.4 is 5.32 Å². The number of rotatable bonds is 9. The van der Waals surface area contributed by atoms with Crippen molar-refractivity contribution in [2.75, 3.05) is 18.6 Å². The summed E-state index contributed by atoms with van der Waals surface area (Å²) in [5.74, 6) is 2.05. The Hall–Kier alpha value is -0.220. The minimum absolute atomic E-state index is 0.0453. The molecule has 2 unspecified atom stereocenters. The van der Waals surface area contributed by atoms with Crippen molar-refractivity contribution in [3.63, 3.8) is 0 Å². The maximum atomic E-state index is 12.3. The number of carbonyl (C=O) groups is 1. The number of unbranched alkanes of at least 4 members (excludes halogenated alkanes) is 3. The Labute approximate surface area is 122 Å². The van der Waals surface area contributed by atoms with Crippen LogP contribution in [0.1, 0.15) is 52.9 Å². The molecule has 4 heteroatoms. The van der Waals surface area contributed by atoms with E-state index in [1.807, 2.05) is 11.8 Å². The SMILES string of the molecule is CCC1NC(C(C)C)N(CCCCCCSC)C1=O. The Morgan fingerprint density at radius 2 is 1.95 bits per heavy atom. The van der Waals surface area contributed by atoms with Crippen LogP contribution in [0.4, 0.5) is 0 Å². The lowest BCUT2D eigenvalue weighted by atomic mass is 10.1. The summed E-state index contributed by atoms with van der Waals surface area (Å²) in [4.78, 5) is 14.4. The third-order valence-electron chi connectivity index (χ3n) is 3.83. The van der Waals surface area contributed by atoms with Crippen molar-refractivity contribution < 1.29 is 4.79 Å². The predicted molar refractivity (Wildman–Crippen MR) is 84.4 cm³/mol. The van der Waals surface area contributed by atoms with E-state index in [4.69, 9.17) is 0 Å². The molecule has 0 radical (unpaired) electrons. The lowest BCUT2D eigenvalue weighted by Gasteiger charge is -2.27. The predicted octanol–water partition coefficient (Wildman–Crippen LogP) is 3.10. The van der Waals surface area contributed by atoms with E-state index < -0.39 is 0 Å². The van der Waals surface area contributed by atoms with Gasteiger partial charge in [0, 0.05) is 6.54 Å². The molecule has 2 atom stereocenters. The molecular weight excluding hydrogens is 256 g/mol. The highest BCUT2D eigenvalue weighted by molar-refractivity contribution is 7.98.